The lowest BCUT2D eigenvalue weighted by Gasteiger charge is -2.28. The molecule has 1 fully saturated rings. The van der Waals surface area contributed by atoms with Crippen molar-refractivity contribution in [1.29, 1.82) is 0 Å². The topological polar surface area (TPSA) is 59.1 Å². The zero-order valence-corrected chi connectivity index (χ0v) is 16.8. The van der Waals surface area contributed by atoms with Gasteiger partial charge in [0.15, 0.2) is 0 Å². The van der Waals surface area contributed by atoms with Gasteiger partial charge in [0, 0.05) is 30.2 Å². The predicted molar refractivity (Wildman–Crippen MR) is 113 cm³/mol. The van der Waals surface area contributed by atoms with Crippen LogP contribution in [0.25, 0.3) is 0 Å². The van der Waals surface area contributed by atoms with Gasteiger partial charge in [-0.1, -0.05) is 12.1 Å². The van der Waals surface area contributed by atoms with Crippen molar-refractivity contribution < 1.29 is 10.0 Å². The molecule has 0 spiro atoms. The number of hydrogen-bond acceptors (Lipinski definition) is 5. The van der Waals surface area contributed by atoms with Crippen LogP contribution in [-0.2, 0) is 11.3 Å². The number of carbonyl (C=O) groups excluding carboxylic acids is 1. The Morgan fingerprint density at radius 3 is 2.11 bits per heavy atom. The summed E-state index contributed by atoms with van der Waals surface area (Å²) < 4.78 is 0. The first-order valence-electron chi connectivity index (χ1n) is 9.86. The smallest absolute Gasteiger partial charge is 0.260 e. The van der Waals surface area contributed by atoms with E-state index in [9.17, 15) is 10.0 Å². The van der Waals surface area contributed by atoms with Gasteiger partial charge in [0.2, 0.25) is 0 Å². The van der Waals surface area contributed by atoms with Gasteiger partial charge >= 0.3 is 0 Å². The third-order valence-electron chi connectivity index (χ3n) is 4.90. The average Bonchev–Trinajstić information content (AvgIpc) is 2.70. The van der Waals surface area contributed by atoms with Crippen molar-refractivity contribution in [3.05, 3.63) is 54.1 Å². The molecule has 1 aliphatic heterocycles. The number of piperidine rings is 1. The number of nitrogens with one attached hydrogen (secondary N) is 1. The summed E-state index contributed by atoms with van der Waals surface area (Å²) in [5, 5.41) is 14.1. The van der Waals surface area contributed by atoms with E-state index in [0.717, 1.165) is 35.1 Å². The number of hydrogen-bond donors (Lipinski definition) is 2. The first-order valence-corrected chi connectivity index (χ1v) is 9.86. The minimum absolute atomic E-state index is 0.178. The Hall–Kier alpha value is -2.57. The predicted octanol–water partition coefficient (Wildman–Crippen LogP) is 3.70. The molecule has 0 saturated carbocycles. The monoisotopic (exact) mass is 382 g/mol. The van der Waals surface area contributed by atoms with E-state index in [1.165, 1.54) is 24.9 Å². The molecule has 1 aliphatic rings. The third-order valence-corrected chi connectivity index (χ3v) is 4.90. The van der Waals surface area contributed by atoms with Crippen molar-refractivity contribution in [3.8, 4) is 0 Å². The van der Waals surface area contributed by atoms with Crippen LogP contribution in [0.2, 0.25) is 0 Å². The highest BCUT2D eigenvalue weighted by molar-refractivity contribution is 5.77. The van der Waals surface area contributed by atoms with Crippen molar-refractivity contribution in [2.45, 2.75) is 25.8 Å². The summed E-state index contributed by atoms with van der Waals surface area (Å²) in [5.74, 6) is -0.319. The van der Waals surface area contributed by atoms with Crippen LogP contribution in [0.4, 0.5) is 17.1 Å². The van der Waals surface area contributed by atoms with E-state index in [1.54, 1.807) is 19.0 Å². The lowest BCUT2D eigenvalue weighted by molar-refractivity contribution is -0.168. The second-order valence-electron chi connectivity index (χ2n) is 7.61. The minimum Gasteiger partial charge on any atom is -0.372 e. The molecule has 6 nitrogen and oxygen atoms in total. The highest BCUT2D eigenvalue weighted by Crippen LogP contribution is 2.24. The highest BCUT2D eigenvalue weighted by Gasteiger charge is 2.12. The largest absolute Gasteiger partial charge is 0.372 e. The van der Waals surface area contributed by atoms with Crippen molar-refractivity contribution in [2.24, 2.45) is 0 Å². The number of anilines is 3. The molecule has 6 heteroatoms. The van der Waals surface area contributed by atoms with E-state index < -0.39 is 0 Å². The molecule has 3 rings (SSSR count). The minimum atomic E-state index is -0.319. The van der Waals surface area contributed by atoms with E-state index in [2.05, 4.69) is 34.5 Å². The van der Waals surface area contributed by atoms with Gasteiger partial charge in [-0.3, -0.25) is 10.0 Å². The number of nitrogens with zero attached hydrogens (tertiary/aromatic N) is 3. The summed E-state index contributed by atoms with van der Waals surface area (Å²) in [6.07, 6.45) is 3.89. The molecule has 2 aromatic rings. The van der Waals surface area contributed by atoms with Gasteiger partial charge in [-0.2, -0.15) is 0 Å². The van der Waals surface area contributed by atoms with Crippen LogP contribution in [0.15, 0.2) is 48.5 Å². The molecule has 2 aromatic carbocycles. The van der Waals surface area contributed by atoms with E-state index >= 15 is 0 Å². The summed E-state index contributed by atoms with van der Waals surface area (Å²) >= 11 is 0. The Labute approximate surface area is 167 Å². The molecule has 150 valence electrons. The third kappa shape index (κ3) is 5.71. The summed E-state index contributed by atoms with van der Waals surface area (Å²) in [4.78, 5) is 16.0. The zero-order chi connectivity index (χ0) is 19.9. The van der Waals surface area contributed by atoms with Gasteiger partial charge in [0.05, 0.1) is 13.1 Å². The van der Waals surface area contributed by atoms with E-state index in [1.807, 2.05) is 24.3 Å². The quantitative estimate of drug-likeness (QED) is 0.565. The number of hydroxylamine groups is 2. The molecule has 1 heterocycles. The van der Waals surface area contributed by atoms with Gasteiger partial charge < -0.3 is 15.1 Å². The molecule has 2 N–H and O–H groups in total. The Kier molecular flexibility index (Phi) is 6.90. The van der Waals surface area contributed by atoms with Crippen molar-refractivity contribution in [1.82, 2.24) is 9.96 Å². The van der Waals surface area contributed by atoms with Crippen LogP contribution in [0.3, 0.4) is 0 Å². The Bertz CT molecular complexity index is 753. The summed E-state index contributed by atoms with van der Waals surface area (Å²) in [7, 11) is 3.59. The normalized spacial score (nSPS) is 14.2. The van der Waals surface area contributed by atoms with E-state index in [0.29, 0.717) is 0 Å². The molecule has 0 aliphatic carbocycles. The number of likely N-dealkylation sites (N-methyl/N-ethyl adjacent to an activating group) is 1. The van der Waals surface area contributed by atoms with Crippen LogP contribution >= 0.6 is 0 Å². The number of amides is 1. The number of carbonyl (C=O) groups is 1. The standard InChI is InChI=1S/C22H30N4O2/c1-24(2)17-22(27)26(28)16-18-6-8-19(9-7-18)23-20-10-12-21(13-11-20)25-14-4-3-5-15-25/h6-13,23,28H,3-5,14-17H2,1-2H3. The molecular weight excluding hydrogens is 352 g/mol. The maximum Gasteiger partial charge on any atom is 0.260 e. The molecular formula is C22H30N4O2. The molecule has 0 unspecified atom stereocenters. The maximum atomic E-state index is 11.8. The first kappa shape index (κ1) is 20.2. The van der Waals surface area contributed by atoms with Crippen LogP contribution in [0, 0.1) is 0 Å². The second-order valence-corrected chi connectivity index (χ2v) is 7.61. The summed E-state index contributed by atoms with van der Waals surface area (Å²) in [6.45, 7) is 2.65. The van der Waals surface area contributed by atoms with Gasteiger partial charge in [-0.15, -0.1) is 0 Å². The molecule has 0 atom stereocenters. The Morgan fingerprint density at radius 1 is 0.964 bits per heavy atom. The van der Waals surface area contributed by atoms with E-state index in [4.69, 9.17) is 0 Å². The summed E-state index contributed by atoms with van der Waals surface area (Å²) in [6, 6.07) is 16.3. The van der Waals surface area contributed by atoms with Crippen LogP contribution in [-0.4, -0.2) is 54.8 Å². The van der Waals surface area contributed by atoms with E-state index in [-0.39, 0.29) is 19.0 Å². The number of rotatable bonds is 7. The van der Waals surface area contributed by atoms with Gasteiger partial charge in [0.1, 0.15) is 0 Å². The lowest BCUT2D eigenvalue weighted by Crippen LogP contribution is -2.35. The van der Waals surface area contributed by atoms with Gasteiger partial charge in [-0.05, 0) is 75.3 Å². The first-order chi connectivity index (χ1) is 13.5. The number of benzene rings is 2. The molecule has 0 radical (unpaired) electrons. The van der Waals surface area contributed by atoms with Crippen molar-refractivity contribution >= 4 is 23.0 Å². The molecule has 0 bridgehead atoms. The van der Waals surface area contributed by atoms with Crippen LogP contribution in [0.1, 0.15) is 24.8 Å². The second kappa shape index (κ2) is 9.57. The maximum absolute atomic E-state index is 11.8. The molecule has 28 heavy (non-hydrogen) atoms. The van der Waals surface area contributed by atoms with Gasteiger partial charge in [0.25, 0.3) is 5.91 Å². The van der Waals surface area contributed by atoms with Crippen molar-refractivity contribution in [3.63, 3.8) is 0 Å². The van der Waals surface area contributed by atoms with Crippen LogP contribution < -0.4 is 10.2 Å². The lowest BCUT2D eigenvalue weighted by atomic mass is 10.1. The summed E-state index contributed by atoms with van der Waals surface area (Å²) in [5.41, 5.74) is 4.17. The average molecular weight is 383 g/mol. The fourth-order valence-electron chi connectivity index (χ4n) is 3.38. The van der Waals surface area contributed by atoms with Crippen molar-refractivity contribution in [2.75, 3.05) is 43.9 Å². The van der Waals surface area contributed by atoms with Crippen LogP contribution in [0.5, 0.6) is 0 Å². The molecule has 0 aromatic heterocycles. The van der Waals surface area contributed by atoms with Gasteiger partial charge in [-0.25, -0.2) is 5.06 Å². The SMILES string of the molecule is CN(C)CC(=O)N(O)Cc1ccc(Nc2ccc(N3CCCCC3)cc2)cc1. The fourth-order valence-corrected chi connectivity index (χ4v) is 3.38. The Morgan fingerprint density at radius 2 is 1.54 bits per heavy atom. The zero-order valence-electron chi connectivity index (χ0n) is 16.8. The molecule has 1 amide bonds. The highest BCUT2D eigenvalue weighted by atomic mass is 16.5. The molecule has 1 saturated heterocycles. The fraction of sp³-hybridized carbons (Fsp3) is 0.409. The Balaban J connectivity index is 1.54.